The van der Waals surface area contributed by atoms with E-state index in [9.17, 15) is 0 Å². The van der Waals surface area contributed by atoms with E-state index in [1.54, 1.807) is 0 Å². The van der Waals surface area contributed by atoms with Crippen molar-refractivity contribution >= 4 is 42.8 Å². The SMILES string of the molecule is C=ICNC1(C)C=Nc2ccccc2N1. The highest BCUT2D eigenvalue weighted by Crippen LogP contribution is 2.29. The van der Waals surface area contributed by atoms with Crippen LogP contribution in [0.1, 0.15) is 6.92 Å². The fraction of sp³-hybridized carbons (Fsp3) is 0.273. The lowest BCUT2D eigenvalue weighted by Crippen LogP contribution is -2.51. The first kappa shape index (κ1) is 10.8. The number of hydrogen-bond acceptors (Lipinski definition) is 3. The molecule has 3 nitrogen and oxygen atoms in total. The molecule has 1 atom stereocenters. The molecule has 1 aliphatic rings. The highest BCUT2D eigenvalue weighted by atomic mass is 127. The van der Waals surface area contributed by atoms with Crippen LogP contribution in [-0.2, 0) is 0 Å². The lowest BCUT2D eigenvalue weighted by atomic mass is 10.1. The molecule has 1 aromatic rings. The lowest BCUT2D eigenvalue weighted by molar-refractivity contribution is 0.582. The topological polar surface area (TPSA) is 36.4 Å². The molecule has 0 radical (unpaired) electrons. The van der Waals surface area contributed by atoms with Gasteiger partial charge >= 0.3 is 0 Å². The van der Waals surface area contributed by atoms with Crippen molar-refractivity contribution < 1.29 is 0 Å². The van der Waals surface area contributed by atoms with Gasteiger partial charge in [0.05, 0.1) is 11.4 Å². The number of fused-ring (bicyclic) bond motifs is 1. The standard InChI is InChI=1S/C11H14IN3/c1-11(14-8-12-2)7-13-9-5-3-4-6-10(9)15-11/h3-7,14-15H,2,8H2,1H3. The van der Waals surface area contributed by atoms with E-state index in [0.29, 0.717) is 0 Å². The van der Waals surface area contributed by atoms with E-state index in [0.717, 1.165) is 15.9 Å². The molecule has 0 saturated heterocycles. The summed E-state index contributed by atoms with van der Waals surface area (Å²) in [5, 5.41) is 6.85. The minimum absolute atomic E-state index is 0.0170. The molecule has 2 N–H and O–H groups in total. The summed E-state index contributed by atoms with van der Waals surface area (Å²) in [6, 6.07) is 8.06. The first-order chi connectivity index (χ1) is 7.23. The minimum Gasteiger partial charge on any atom is -0.361 e. The number of para-hydroxylation sites is 2. The highest BCUT2D eigenvalue weighted by molar-refractivity contribution is 14.2. The predicted octanol–water partition coefficient (Wildman–Crippen LogP) is 2.48. The molecule has 0 bridgehead atoms. The summed E-state index contributed by atoms with van der Waals surface area (Å²) >= 11 is 0.0170. The van der Waals surface area contributed by atoms with E-state index in [-0.39, 0.29) is 26.4 Å². The van der Waals surface area contributed by atoms with Crippen molar-refractivity contribution in [2.24, 2.45) is 4.99 Å². The lowest BCUT2D eigenvalue weighted by Gasteiger charge is -2.32. The molecule has 80 valence electrons. The van der Waals surface area contributed by atoms with Crippen LogP contribution in [0.2, 0.25) is 0 Å². The summed E-state index contributed by atoms with van der Waals surface area (Å²) in [5.74, 6) is 0. The average molecular weight is 315 g/mol. The zero-order valence-electron chi connectivity index (χ0n) is 8.63. The van der Waals surface area contributed by atoms with Gasteiger partial charge in [0.1, 0.15) is 5.66 Å². The third kappa shape index (κ3) is 2.43. The quantitative estimate of drug-likeness (QED) is 0.511. The van der Waals surface area contributed by atoms with E-state index < -0.39 is 0 Å². The van der Waals surface area contributed by atoms with Gasteiger partial charge in [-0.2, -0.15) is 0 Å². The van der Waals surface area contributed by atoms with Gasteiger partial charge < -0.3 is 5.32 Å². The largest absolute Gasteiger partial charge is 0.361 e. The third-order valence-corrected chi connectivity index (χ3v) is 3.21. The maximum Gasteiger partial charge on any atom is 0.123 e. The predicted molar refractivity (Wildman–Crippen MR) is 75.8 cm³/mol. The van der Waals surface area contributed by atoms with Crippen LogP contribution in [0.4, 0.5) is 11.4 Å². The van der Waals surface area contributed by atoms with Gasteiger partial charge in [0.2, 0.25) is 0 Å². The minimum atomic E-state index is -0.230. The Hall–Kier alpha value is -0.750. The van der Waals surface area contributed by atoms with Crippen molar-refractivity contribution in [3.05, 3.63) is 24.3 Å². The number of anilines is 1. The molecule has 0 aromatic heterocycles. The normalized spacial score (nSPS) is 23.3. The zero-order valence-corrected chi connectivity index (χ0v) is 10.8. The molecule has 15 heavy (non-hydrogen) atoms. The first-order valence-corrected chi connectivity index (χ1v) is 7.79. The van der Waals surface area contributed by atoms with Crippen molar-refractivity contribution in [1.82, 2.24) is 5.32 Å². The number of benzene rings is 1. The molecule has 0 aliphatic carbocycles. The van der Waals surface area contributed by atoms with Crippen LogP contribution in [0, 0.1) is 0 Å². The van der Waals surface area contributed by atoms with Gasteiger partial charge in [-0.25, -0.2) is 0 Å². The Labute approximate surface area is 99.7 Å². The van der Waals surface area contributed by atoms with E-state index >= 15 is 0 Å². The monoisotopic (exact) mass is 315 g/mol. The van der Waals surface area contributed by atoms with Crippen molar-refractivity contribution in [3.8, 4) is 0 Å². The second-order valence-electron chi connectivity index (χ2n) is 3.60. The Bertz CT molecular complexity index is 403. The molecule has 0 spiro atoms. The Morgan fingerprint density at radius 1 is 1.53 bits per heavy atom. The molecule has 1 aromatic carbocycles. The van der Waals surface area contributed by atoms with Gasteiger partial charge in [-0.05, 0) is 19.1 Å². The Morgan fingerprint density at radius 2 is 2.33 bits per heavy atom. The van der Waals surface area contributed by atoms with Gasteiger partial charge in [-0.15, -0.1) is 20.7 Å². The van der Waals surface area contributed by atoms with E-state index in [4.69, 9.17) is 0 Å². The maximum absolute atomic E-state index is 4.44. The molecule has 1 aliphatic heterocycles. The second-order valence-corrected chi connectivity index (χ2v) is 5.44. The smallest absolute Gasteiger partial charge is 0.123 e. The molecule has 0 saturated carbocycles. The highest BCUT2D eigenvalue weighted by Gasteiger charge is 2.24. The number of alkyl halides is 1. The summed E-state index contributed by atoms with van der Waals surface area (Å²) < 4.78 is 4.90. The average Bonchev–Trinajstić information content (AvgIpc) is 2.26. The van der Waals surface area contributed by atoms with Crippen LogP contribution in [-0.4, -0.2) is 20.9 Å². The van der Waals surface area contributed by atoms with Gasteiger partial charge in [-0.1, -0.05) is 16.6 Å². The van der Waals surface area contributed by atoms with Gasteiger partial charge in [0.15, 0.2) is 0 Å². The molecule has 0 fully saturated rings. The molecular formula is C11H14IN3. The fourth-order valence-corrected chi connectivity index (χ4v) is 2.54. The van der Waals surface area contributed by atoms with Crippen LogP contribution < -0.4 is 10.6 Å². The van der Waals surface area contributed by atoms with Crippen molar-refractivity contribution in [1.29, 1.82) is 0 Å². The molecule has 4 heteroatoms. The number of nitrogens with zero attached hydrogens (tertiary/aromatic N) is 1. The Kier molecular flexibility index (Phi) is 3.16. The summed E-state index contributed by atoms with van der Waals surface area (Å²) in [6.07, 6.45) is 1.93. The van der Waals surface area contributed by atoms with Crippen LogP contribution in [0.25, 0.3) is 0 Å². The molecule has 1 unspecified atom stereocenters. The molecular weight excluding hydrogens is 301 g/mol. The molecule has 1 heterocycles. The summed E-state index contributed by atoms with van der Waals surface area (Å²) in [4.78, 5) is 4.44. The maximum atomic E-state index is 4.44. The van der Waals surface area contributed by atoms with Gasteiger partial charge in [-0.3, -0.25) is 10.3 Å². The Morgan fingerprint density at radius 3 is 3.13 bits per heavy atom. The van der Waals surface area contributed by atoms with E-state index in [1.165, 1.54) is 0 Å². The van der Waals surface area contributed by atoms with E-state index in [2.05, 4.69) is 27.1 Å². The van der Waals surface area contributed by atoms with Gasteiger partial charge in [0.25, 0.3) is 0 Å². The number of aliphatic imine (C=N–C) groups is 1. The molecule has 2 rings (SSSR count). The van der Waals surface area contributed by atoms with Crippen LogP contribution >= 0.6 is 20.7 Å². The van der Waals surface area contributed by atoms with Crippen molar-refractivity contribution in [2.75, 3.05) is 9.87 Å². The summed E-state index contributed by atoms with van der Waals surface area (Å²) in [5.41, 5.74) is 1.85. The van der Waals surface area contributed by atoms with E-state index in [1.807, 2.05) is 30.5 Å². The zero-order chi connectivity index (χ0) is 10.7. The van der Waals surface area contributed by atoms with Crippen LogP contribution in [0.15, 0.2) is 29.3 Å². The molecule has 0 amide bonds. The van der Waals surface area contributed by atoms with Crippen molar-refractivity contribution in [2.45, 2.75) is 12.6 Å². The summed E-state index contributed by atoms with van der Waals surface area (Å²) in [6.45, 7) is 2.09. The first-order valence-electron chi connectivity index (χ1n) is 4.74. The summed E-state index contributed by atoms with van der Waals surface area (Å²) in [7, 11) is 0. The van der Waals surface area contributed by atoms with Gasteiger partial charge in [0, 0.05) is 10.8 Å². The number of rotatable bonds is 3. The van der Waals surface area contributed by atoms with Crippen LogP contribution in [0.5, 0.6) is 0 Å². The number of halogens is 1. The second kappa shape index (κ2) is 4.40. The number of hydrogen-bond donors (Lipinski definition) is 2. The van der Waals surface area contributed by atoms with Crippen molar-refractivity contribution in [3.63, 3.8) is 0 Å². The number of nitrogens with one attached hydrogen (secondary N) is 2. The third-order valence-electron chi connectivity index (χ3n) is 2.29. The fourth-order valence-electron chi connectivity index (χ4n) is 1.48. The Balaban J connectivity index is 2.21. The van der Waals surface area contributed by atoms with Crippen LogP contribution in [0.3, 0.4) is 0 Å².